The molecule has 2 saturated heterocycles. The number of aromatic nitrogens is 4. The second kappa shape index (κ2) is 13.2. The number of carboxylic acids is 1. The summed E-state index contributed by atoms with van der Waals surface area (Å²) in [4.78, 5) is 47.3. The molecular formula is C33H33N7O5. The van der Waals surface area contributed by atoms with E-state index >= 15 is 0 Å². The molecular weight excluding hydrogens is 574 g/mol. The first-order valence-electron chi connectivity index (χ1n) is 14.8. The molecule has 45 heavy (non-hydrogen) atoms. The smallest absolute Gasteiger partial charge is 0.338 e. The third-order valence-corrected chi connectivity index (χ3v) is 8.00. The lowest BCUT2D eigenvalue weighted by Crippen LogP contribution is -2.40. The van der Waals surface area contributed by atoms with Gasteiger partial charge in [-0.15, -0.1) is 0 Å². The van der Waals surface area contributed by atoms with Crippen molar-refractivity contribution in [3.05, 3.63) is 83.7 Å². The molecule has 3 N–H and O–H groups in total. The van der Waals surface area contributed by atoms with Gasteiger partial charge in [-0.1, -0.05) is 18.2 Å². The monoisotopic (exact) mass is 607 g/mol. The molecule has 1 aromatic carbocycles. The summed E-state index contributed by atoms with van der Waals surface area (Å²) < 4.78 is 11.2. The highest BCUT2D eigenvalue weighted by Crippen LogP contribution is 2.30. The lowest BCUT2D eigenvalue weighted by molar-refractivity contribution is -0.128. The molecule has 0 bridgehead atoms. The van der Waals surface area contributed by atoms with E-state index in [-0.39, 0.29) is 24.1 Å². The second-order valence-electron chi connectivity index (χ2n) is 11.0. The van der Waals surface area contributed by atoms with Crippen LogP contribution in [0.2, 0.25) is 0 Å². The number of fused-ring (bicyclic) bond motifs is 1. The first kappa shape index (κ1) is 29.8. The van der Waals surface area contributed by atoms with Crippen molar-refractivity contribution in [2.45, 2.75) is 38.8 Å². The molecule has 6 rings (SSSR count). The fraction of sp³-hybridized carbons (Fsp3) is 0.303. The zero-order chi connectivity index (χ0) is 31.3. The van der Waals surface area contributed by atoms with Crippen molar-refractivity contribution in [2.75, 3.05) is 26.3 Å². The van der Waals surface area contributed by atoms with Crippen molar-refractivity contribution in [3.63, 3.8) is 0 Å². The fourth-order valence-corrected chi connectivity index (χ4v) is 5.46. The van der Waals surface area contributed by atoms with Gasteiger partial charge in [0.15, 0.2) is 5.82 Å². The van der Waals surface area contributed by atoms with Crippen LogP contribution in [-0.2, 0) is 16.1 Å². The van der Waals surface area contributed by atoms with E-state index in [2.05, 4.69) is 15.0 Å². The van der Waals surface area contributed by atoms with E-state index in [0.29, 0.717) is 50.1 Å². The van der Waals surface area contributed by atoms with Crippen LogP contribution in [0.3, 0.4) is 0 Å². The Bertz CT molecular complexity index is 1780. The number of pyridine rings is 2. The number of likely N-dealkylation sites (tertiary alicyclic amines) is 1. The second-order valence-corrected chi connectivity index (χ2v) is 11.0. The van der Waals surface area contributed by atoms with Crippen molar-refractivity contribution >= 4 is 34.1 Å². The van der Waals surface area contributed by atoms with Crippen molar-refractivity contribution in [3.8, 4) is 17.1 Å². The molecule has 0 atom stereocenters. The van der Waals surface area contributed by atoms with E-state index in [4.69, 9.17) is 30.3 Å². The van der Waals surface area contributed by atoms with Gasteiger partial charge in [0.05, 0.1) is 17.3 Å². The quantitative estimate of drug-likeness (QED) is 0.315. The number of aliphatic imine (C=N–C) groups is 1. The highest BCUT2D eigenvalue weighted by atomic mass is 16.5. The standard InChI is InChI=1S/C33H33N7O5/c1-20(41)40-10-7-28(39-24-8-11-44-12-9-24)27(18-40)32(34)25-4-2-3-21-13-29(35-17-26(21)25)22-5-6-31(38-14-22)45-19-30-36-15-23(16-37-30)33(42)43/h2-6,13-17,24H,7-12,18-19,34H2,1H3,(H,42,43)/b32-27-,39-28?. The molecule has 12 heteroatoms. The largest absolute Gasteiger partial charge is 0.478 e. The first-order valence-corrected chi connectivity index (χ1v) is 14.8. The molecule has 5 heterocycles. The number of ether oxygens (including phenoxy) is 2. The molecule has 12 nitrogen and oxygen atoms in total. The molecule has 0 unspecified atom stereocenters. The normalized spacial score (nSPS) is 17.8. The van der Waals surface area contributed by atoms with Crippen LogP contribution < -0.4 is 10.5 Å². The van der Waals surface area contributed by atoms with Gasteiger partial charge < -0.3 is 25.2 Å². The van der Waals surface area contributed by atoms with E-state index < -0.39 is 5.97 Å². The zero-order valence-corrected chi connectivity index (χ0v) is 24.8. The summed E-state index contributed by atoms with van der Waals surface area (Å²) in [5.41, 5.74) is 11.8. The van der Waals surface area contributed by atoms with E-state index in [1.807, 2.05) is 41.4 Å². The highest BCUT2D eigenvalue weighted by molar-refractivity contribution is 6.10. The van der Waals surface area contributed by atoms with Crippen LogP contribution >= 0.6 is 0 Å². The van der Waals surface area contributed by atoms with Gasteiger partial charge in [0.2, 0.25) is 11.8 Å². The van der Waals surface area contributed by atoms with E-state index in [1.165, 1.54) is 12.4 Å². The van der Waals surface area contributed by atoms with Gasteiger partial charge in [0.1, 0.15) is 6.61 Å². The lowest BCUT2D eigenvalue weighted by Gasteiger charge is -2.31. The van der Waals surface area contributed by atoms with Gasteiger partial charge in [0, 0.05) is 104 Å². The number of piperidine rings is 1. The van der Waals surface area contributed by atoms with Crippen LogP contribution in [0.5, 0.6) is 5.88 Å². The van der Waals surface area contributed by atoms with Crippen LogP contribution in [0.1, 0.15) is 47.9 Å². The van der Waals surface area contributed by atoms with Crippen LogP contribution in [0, 0.1) is 0 Å². The molecule has 4 aromatic rings. The molecule has 2 fully saturated rings. The summed E-state index contributed by atoms with van der Waals surface area (Å²) in [6.45, 7) is 4.09. The number of amides is 1. The number of carboxylic acid groups (broad SMARTS) is 1. The van der Waals surface area contributed by atoms with Crippen molar-refractivity contribution in [1.29, 1.82) is 0 Å². The zero-order valence-electron chi connectivity index (χ0n) is 24.8. The molecule has 0 saturated carbocycles. The van der Waals surface area contributed by atoms with Gasteiger partial charge >= 0.3 is 5.97 Å². The maximum Gasteiger partial charge on any atom is 0.338 e. The Hall–Kier alpha value is -5.23. The Morgan fingerprint density at radius 3 is 2.58 bits per heavy atom. The minimum Gasteiger partial charge on any atom is -0.478 e. The average molecular weight is 608 g/mol. The number of carbonyl (C=O) groups is 2. The Morgan fingerprint density at radius 1 is 1.07 bits per heavy atom. The Labute approximate surface area is 259 Å². The predicted octanol–water partition coefficient (Wildman–Crippen LogP) is 3.91. The Balaban J connectivity index is 1.24. The topological polar surface area (TPSA) is 166 Å². The van der Waals surface area contributed by atoms with Crippen molar-refractivity contribution in [1.82, 2.24) is 24.8 Å². The predicted molar refractivity (Wildman–Crippen MR) is 168 cm³/mol. The van der Waals surface area contributed by atoms with Crippen LogP contribution in [0.25, 0.3) is 27.7 Å². The minimum absolute atomic E-state index is 0.00773. The number of hydrogen-bond acceptors (Lipinski definition) is 10. The maximum absolute atomic E-state index is 12.3. The minimum atomic E-state index is -1.09. The Kier molecular flexibility index (Phi) is 8.74. The van der Waals surface area contributed by atoms with Crippen molar-refractivity contribution < 1.29 is 24.2 Å². The van der Waals surface area contributed by atoms with E-state index in [0.717, 1.165) is 51.7 Å². The summed E-state index contributed by atoms with van der Waals surface area (Å²) in [6.07, 6.45) is 8.39. The number of nitrogens with zero attached hydrogens (tertiary/aromatic N) is 6. The summed E-state index contributed by atoms with van der Waals surface area (Å²) in [6, 6.07) is 11.8. The molecule has 3 aromatic heterocycles. The third-order valence-electron chi connectivity index (χ3n) is 8.00. The van der Waals surface area contributed by atoms with Crippen molar-refractivity contribution in [2.24, 2.45) is 10.7 Å². The van der Waals surface area contributed by atoms with Crippen LogP contribution in [-0.4, -0.2) is 79.9 Å². The molecule has 0 spiro atoms. The number of aromatic carboxylic acids is 1. The molecule has 0 radical (unpaired) electrons. The maximum atomic E-state index is 12.3. The third kappa shape index (κ3) is 6.80. The number of nitrogens with two attached hydrogens (primary N) is 1. The molecule has 0 aliphatic carbocycles. The SMILES string of the molecule is CC(=O)N1CCC(=NC2CCOCC2)/C(=C(\N)c2cccc3cc(-c4ccc(OCc5ncc(C(=O)O)cn5)nc4)ncc23)C1. The van der Waals surface area contributed by atoms with E-state index in [1.54, 1.807) is 19.2 Å². The summed E-state index contributed by atoms with van der Waals surface area (Å²) in [5, 5.41) is 10.9. The number of rotatable bonds is 7. The number of carbonyl (C=O) groups excluding carboxylic acids is 1. The fourth-order valence-electron chi connectivity index (χ4n) is 5.46. The average Bonchev–Trinajstić information content (AvgIpc) is 3.07. The summed E-state index contributed by atoms with van der Waals surface area (Å²) in [7, 11) is 0. The molecule has 2 aliphatic heterocycles. The summed E-state index contributed by atoms with van der Waals surface area (Å²) in [5.74, 6) is -0.357. The number of benzene rings is 1. The first-order chi connectivity index (χ1) is 21.9. The molecule has 1 amide bonds. The van der Waals surface area contributed by atoms with Gasteiger partial charge in [0.25, 0.3) is 0 Å². The van der Waals surface area contributed by atoms with Gasteiger partial charge in [-0.2, -0.15) is 0 Å². The number of hydrogen-bond donors (Lipinski definition) is 2. The van der Waals surface area contributed by atoms with Crippen LogP contribution in [0.15, 0.2) is 71.8 Å². The molecule has 2 aliphatic rings. The highest BCUT2D eigenvalue weighted by Gasteiger charge is 2.26. The van der Waals surface area contributed by atoms with Gasteiger partial charge in [-0.25, -0.2) is 19.7 Å². The van der Waals surface area contributed by atoms with E-state index in [9.17, 15) is 9.59 Å². The molecule has 230 valence electrons. The van der Waals surface area contributed by atoms with Gasteiger partial charge in [-0.3, -0.25) is 14.8 Å². The van der Waals surface area contributed by atoms with Gasteiger partial charge in [-0.05, 0) is 30.4 Å². The lowest BCUT2D eigenvalue weighted by atomic mass is 9.93. The van der Waals surface area contributed by atoms with Crippen LogP contribution in [0.4, 0.5) is 0 Å². The summed E-state index contributed by atoms with van der Waals surface area (Å²) >= 11 is 0. The Morgan fingerprint density at radius 2 is 1.87 bits per heavy atom.